The van der Waals surface area contributed by atoms with Crippen molar-refractivity contribution >= 4 is 16.7 Å². The van der Waals surface area contributed by atoms with Gasteiger partial charge in [0.2, 0.25) is 0 Å². The van der Waals surface area contributed by atoms with Gasteiger partial charge >= 0.3 is 0 Å². The maximum atomic E-state index is 13.2. The van der Waals surface area contributed by atoms with Crippen LogP contribution in [0.15, 0.2) is 53.3 Å². The standard InChI is InChI=1S/C21H22N4O3/c1-23-10-12-24(13-11-23)21(27)19-17-8-3-4-9-18(17)20(26)25(22-19)15-6-5-7-16(14-15)28-2/h3-9,14H,10-13H2,1-2H3. The van der Waals surface area contributed by atoms with Crippen molar-refractivity contribution in [2.75, 3.05) is 40.3 Å². The highest BCUT2D eigenvalue weighted by molar-refractivity contribution is 6.04. The van der Waals surface area contributed by atoms with Crippen LogP contribution in [0.5, 0.6) is 5.75 Å². The molecular formula is C21H22N4O3. The maximum Gasteiger partial charge on any atom is 0.279 e. The monoisotopic (exact) mass is 378 g/mol. The van der Waals surface area contributed by atoms with E-state index in [1.54, 1.807) is 54.5 Å². The molecule has 0 N–H and O–H groups in total. The number of amides is 1. The normalized spacial score (nSPS) is 15.0. The van der Waals surface area contributed by atoms with E-state index in [1.807, 2.05) is 13.1 Å². The number of methoxy groups -OCH3 is 1. The molecule has 4 rings (SSSR count). The summed E-state index contributed by atoms with van der Waals surface area (Å²) >= 11 is 0. The lowest BCUT2D eigenvalue weighted by Crippen LogP contribution is -2.47. The van der Waals surface area contributed by atoms with Crippen LogP contribution >= 0.6 is 0 Å². The van der Waals surface area contributed by atoms with Crippen LogP contribution in [-0.2, 0) is 0 Å². The minimum atomic E-state index is -0.265. The van der Waals surface area contributed by atoms with Crippen LogP contribution < -0.4 is 10.3 Å². The number of rotatable bonds is 3. The van der Waals surface area contributed by atoms with Gasteiger partial charge in [0.05, 0.1) is 18.2 Å². The largest absolute Gasteiger partial charge is 0.497 e. The van der Waals surface area contributed by atoms with Gasteiger partial charge in [-0.1, -0.05) is 24.3 Å². The summed E-state index contributed by atoms with van der Waals surface area (Å²) in [6, 6.07) is 14.2. The van der Waals surface area contributed by atoms with Gasteiger partial charge in [-0.25, -0.2) is 0 Å². The number of likely N-dealkylation sites (N-methyl/N-ethyl adjacent to an activating group) is 1. The summed E-state index contributed by atoms with van der Waals surface area (Å²) in [5.74, 6) is 0.465. The Bertz CT molecular complexity index is 1080. The van der Waals surface area contributed by atoms with Crippen molar-refractivity contribution in [2.24, 2.45) is 0 Å². The maximum absolute atomic E-state index is 13.2. The summed E-state index contributed by atoms with van der Waals surface area (Å²) in [6.07, 6.45) is 0. The van der Waals surface area contributed by atoms with E-state index >= 15 is 0 Å². The Labute approximate surface area is 162 Å². The Morgan fingerprint density at radius 2 is 1.71 bits per heavy atom. The van der Waals surface area contributed by atoms with Crippen LogP contribution in [0, 0.1) is 0 Å². The van der Waals surface area contributed by atoms with Crippen molar-refractivity contribution in [3.8, 4) is 11.4 Å². The first-order valence-corrected chi connectivity index (χ1v) is 9.23. The van der Waals surface area contributed by atoms with Crippen molar-refractivity contribution in [1.29, 1.82) is 0 Å². The van der Waals surface area contributed by atoms with Crippen molar-refractivity contribution in [3.05, 3.63) is 64.6 Å². The van der Waals surface area contributed by atoms with Crippen LogP contribution in [0.3, 0.4) is 0 Å². The van der Waals surface area contributed by atoms with Gasteiger partial charge < -0.3 is 14.5 Å². The summed E-state index contributed by atoms with van der Waals surface area (Å²) < 4.78 is 6.55. The number of hydrogen-bond donors (Lipinski definition) is 0. The van der Waals surface area contributed by atoms with E-state index in [9.17, 15) is 9.59 Å². The molecule has 1 aliphatic rings. The number of carbonyl (C=O) groups is 1. The Morgan fingerprint density at radius 3 is 2.43 bits per heavy atom. The molecular weight excluding hydrogens is 356 g/mol. The van der Waals surface area contributed by atoms with Crippen LogP contribution in [0.4, 0.5) is 0 Å². The predicted octanol–water partition coefficient (Wildman–Crippen LogP) is 1.78. The molecule has 1 aromatic heterocycles. The van der Waals surface area contributed by atoms with E-state index in [0.29, 0.717) is 41.0 Å². The number of fused-ring (bicyclic) bond motifs is 1. The molecule has 28 heavy (non-hydrogen) atoms. The molecule has 0 saturated carbocycles. The van der Waals surface area contributed by atoms with Crippen molar-refractivity contribution in [1.82, 2.24) is 19.6 Å². The number of hydrogen-bond acceptors (Lipinski definition) is 5. The van der Waals surface area contributed by atoms with E-state index in [0.717, 1.165) is 13.1 Å². The number of ether oxygens (including phenoxy) is 1. The molecule has 2 heterocycles. The van der Waals surface area contributed by atoms with Gasteiger partial charge in [-0.05, 0) is 25.2 Å². The fraction of sp³-hybridized carbons (Fsp3) is 0.286. The fourth-order valence-corrected chi connectivity index (χ4v) is 3.42. The smallest absolute Gasteiger partial charge is 0.279 e. The average molecular weight is 378 g/mol. The van der Waals surface area contributed by atoms with Crippen molar-refractivity contribution in [3.63, 3.8) is 0 Å². The lowest BCUT2D eigenvalue weighted by Gasteiger charge is -2.32. The number of carbonyl (C=O) groups excluding carboxylic acids is 1. The zero-order valence-electron chi connectivity index (χ0n) is 16.0. The summed E-state index contributed by atoms with van der Waals surface area (Å²) in [7, 11) is 3.61. The summed E-state index contributed by atoms with van der Waals surface area (Å²) in [6.45, 7) is 2.92. The van der Waals surface area contributed by atoms with Crippen molar-refractivity contribution in [2.45, 2.75) is 0 Å². The second-order valence-corrected chi connectivity index (χ2v) is 6.91. The van der Waals surface area contributed by atoms with Gasteiger partial charge in [-0.2, -0.15) is 9.78 Å². The predicted molar refractivity (Wildman–Crippen MR) is 107 cm³/mol. The first-order valence-electron chi connectivity index (χ1n) is 9.23. The highest BCUT2D eigenvalue weighted by Crippen LogP contribution is 2.19. The summed E-state index contributed by atoms with van der Waals surface area (Å²) in [5, 5.41) is 5.53. The molecule has 1 fully saturated rings. The zero-order valence-corrected chi connectivity index (χ0v) is 16.0. The highest BCUT2D eigenvalue weighted by atomic mass is 16.5. The third-order valence-electron chi connectivity index (χ3n) is 5.10. The fourth-order valence-electron chi connectivity index (χ4n) is 3.42. The molecule has 0 radical (unpaired) electrons. The molecule has 2 aromatic carbocycles. The molecule has 0 spiro atoms. The minimum Gasteiger partial charge on any atom is -0.497 e. The Morgan fingerprint density at radius 1 is 1.00 bits per heavy atom. The van der Waals surface area contributed by atoms with E-state index < -0.39 is 0 Å². The summed E-state index contributed by atoms with van der Waals surface area (Å²) in [4.78, 5) is 30.3. The van der Waals surface area contributed by atoms with E-state index in [2.05, 4.69) is 10.00 Å². The third-order valence-corrected chi connectivity index (χ3v) is 5.10. The van der Waals surface area contributed by atoms with Crippen LogP contribution in [0.25, 0.3) is 16.5 Å². The Kier molecular flexibility index (Phi) is 4.83. The molecule has 7 nitrogen and oxygen atoms in total. The van der Waals surface area contributed by atoms with Crippen molar-refractivity contribution < 1.29 is 9.53 Å². The molecule has 0 aliphatic carbocycles. The van der Waals surface area contributed by atoms with E-state index in [-0.39, 0.29) is 11.5 Å². The van der Waals surface area contributed by atoms with Crippen LogP contribution in [-0.4, -0.2) is 65.8 Å². The molecule has 1 amide bonds. The number of nitrogens with zero attached hydrogens (tertiary/aromatic N) is 4. The van der Waals surface area contributed by atoms with Gasteiger partial charge in [0.25, 0.3) is 11.5 Å². The molecule has 0 unspecified atom stereocenters. The van der Waals surface area contributed by atoms with Crippen LogP contribution in [0.2, 0.25) is 0 Å². The molecule has 1 aliphatic heterocycles. The lowest BCUT2D eigenvalue weighted by molar-refractivity contribution is 0.0658. The van der Waals surface area contributed by atoms with Gasteiger partial charge in [0, 0.05) is 37.6 Å². The topological polar surface area (TPSA) is 67.7 Å². The minimum absolute atomic E-state index is 0.152. The van der Waals surface area contributed by atoms with Gasteiger partial charge in [0.1, 0.15) is 5.75 Å². The van der Waals surface area contributed by atoms with E-state index in [1.165, 1.54) is 4.68 Å². The highest BCUT2D eigenvalue weighted by Gasteiger charge is 2.25. The Balaban J connectivity index is 1.87. The molecule has 144 valence electrons. The SMILES string of the molecule is COc1cccc(-n2nc(C(=O)N3CCN(C)CC3)c3ccccc3c2=O)c1. The van der Waals surface area contributed by atoms with Crippen LogP contribution in [0.1, 0.15) is 10.5 Å². The first-order chi connectivity index (χ1) is 13.6. The molecule has 0 bridgehead atoms. The second-order valence-electron chi connectivity index (χ2n) is 6.91. The molecule has 1 saturated heterocycles. The molecule has 0 atom stereocenters. The first kappa shape index (κ1) is 18.2. The quantitative estimate of drug-likeness (QED) is 0.695. The number of benzene rings is 2. The second kappa shape index (κ2) is 7.44. The van der Waals surface area contributed by atoms with E-state index in [4.69, 9.17) is 4.74 Å². The van der Waals surface area contributed by atoms with Gasteiger partial charge in [-0.15, -0.1) is 0 Å². The zero-order chi connectivity index (χ0) is 19.7. The van der Waals surface area contributed by atoms with Gasteiger partial charge in [-0.3, -0.25) is 9.59 Å². The Hall–Kier alpha value is -3.19. The third kappa shape index (κ3) is 3.25. The lowest BCUT2D eigenvalue weighted by atomic mass is 10.1. The number of aromatic nitrogens is 2. The summed E-state index contributed by atoms with van der Waals surface area (Å²) in [5.41, 5.74) is 0.587. The number of piperazine rings is 1. The van der Waals surface area contributed by atoms with Gasteiger partial charge in [0.15, 0.2) is 5.69 Å². The molecule has 3 aromatic rings. The average Bonchev–Trinajstić information content (AvgIpc) is 2.74. The molecule has 7 heteroatoms.